The standard InChI is InChI=1S/C10H11BrF3N/c1-6-2-3-7(4-8(6)11)5-9(15)10(12,13)14/h2-4,9H,5,15H2,1H3. The van der Waals surface area contributed by atoms with Crippen LogP contribution in [0.2, 0.25) is 0 Å². The maximum absolute atomic E-state index is 12.2. The summed E-state index contributed by atoms with van der Waals surface area (Å²) in [5, 5.41) is 0. The number of hydrogen-bond donors (Lipinski definition) is 1. The van der Waals surface area contributed by atoms with Gasteiger partial charge in [-0.1, -0.05) is 28.1 Å². The van der Waals surface area contributed by atoms with Gasteiger partial charge in [-0.3, -0.25) is 0 Å². The fourth-order valence-corrected chi connectivity index (χ4v) is 1.56. The van der Waals surface area contributed by atoms with Crippen LogP contribution in [-0.4, -0.2) is 12.2 Å². The highest BCUT2D eigenvalue weighted by Crippen LogP contribution is 2.23. The summed E-state index contributed by atoms with van der Waals surface area (Å²) in [6.45, 7) is 1.87. The molecule has 0 aliphatic heterocycles. The van der Waals surface area contributed by atoms with Crippen LogP contribution < -0.4 is 5.73 Å². The predicted octanol–water partition coefficient (Wildman–Crippen LogP) is 3.19. The van der Waals surface area contributed by atoms with E-state index in [1.54, 1.807) is 18.2 Å². The number of nitrogens with two attached hydrogens (primary N) is 1. The molecule has 0 spiro atoms. The lowest BCUT2D eigenvalue weighted by Gasteiger charge is -2.15. The molecule has 84 valence electrons. The zero-order valence-corrected chi connectivity index (χ0v) is 9.69. The van der Waals surface area contributed by atoms with Crippen LogP contribution in [0.15, 0.2) is 22.7 Å². The zero-order chi connectivity index (χ0) is 11.6. The van der Waals surface area contributed by atoms with Gasteiger partial charge in [0.25, 0.3) is 0 Å². The second-order valence-corrected chi connectivity index (χ2v) is 4.29. The van der Waals surface area contributed by atoms with Crippen molar-refractivity contribution < 1.29 is 13.2 Å². The van der Waals surface area contributed by atoms with Crippen LogP contribution in [0.1, 0.15) is 11.1 Å². The SMILES string of the molecule is Cc1ccc(CC(N)C(F)(F)F)cc1Br. The zero-order valence-electron chi connectivity index (χ0n) is 8.11. The van der Waals surface area contributed by atoms with Gasteiger partial charge in [0.05, 0.1) is 0 Å². The second kappa shape index (κ2) is 4.53. The highest BCUT2D eigenvalue weighted by Gasteiger charge is 2.36. The summed E-state index contributed by atoms with van der Waals surface area (Å²) in [5.74, 6) is 0. The Morgan fingerprint density at radius 1 is 1.40 bits per heavy atom. The highest BCUT2D eigenvalue weighted by molar-refractivity contribution is 9.10. The largest absolute Gasteiger partial charge is 0.403 e. The molecule has 0 fully saturated rings. The Morgan fingerprint density at radius 2 is 2.00 bits per heavy atom. The maximum Gasteiger partial charge on any atom is 0.403 e. The van der Waals surface area contributed by atoms with Gasteiger partial charge in [0.1, 0.15) is 6.04 Å². The van der Waals surface area contributed by atoms with Crippen LogP contribution in [-0.2, 0) is 6.42 Å². The number of aryl methyl sites for hydroxylation is 1. The monoisotopic (exact) mass is 281 g/mol. The Bertz CT molecular complexity index is 349. The van der Waals surface area contributed by atoms with Crippen molar-refractivity contribution in [1.82, 2.24) is 0 Å². The third-order valence-electron chi connectivity index (χ3n) is 2.11. The Hall–Kier alpha value is -0.550. The van der Waals surface area contributed by atoms with Crippen molar-refractivity contribution in [2.75, 3.05) is 0 Å². The van der Waals surface area contributed by atoms with E-state index in [2.05, 4.69) is 15.9 Å². The second-order valence-electron chi connectivity index (χ2n) is 3.44. The average Bonchev–Trinajstić information content (AvgIpc) is 2.10. The van der Waals surface area contributed by atoms with E-state index < -0.39 is 12.2 Å². The molecule has 0 radical (unpaired) electrons. The maximum atomic E-state index is 12.2. The summed E-state index contributed by atoms with van der Waals surface area (Å²) in [6.07, 6.45) is -4.53. The number of alkyl halides is 3. The van der Waals surface area contributed by atoms with E-state index in [1.165, 1.54) is 0 Å². The van der Waals surface area contributed by atoms with Crippen molar-refractivity contribution in [3.05, 3.63) is 33.8 Å². The molecule has 1 aromatic rings. The molecule has 1 nitrogen and oxygen atoms in total. The van der Waals surface area contributed by atoms with Gasteiger partial charge >= 0.3 is 6.18 Å². The number of hydrogen-bond acceptors (Lipinski definition) is 1. The van der Waals surface area contributed by atoms with Crippen LogP contribution >= 0.6 is 15.9 Å². The molecular formula is C10H11BrF3N. The molecule has 0 aromatic heterocycles. The first-order valence-electron chi connectivity index (χ1n) is 4.38. The summed E-state index contributed by atoms with van der Waals surface area (Å²) in [7, 11) is 0. The van der Waals surface area contributed by atoms with Crippen molar-refractivity contribution in [2.24, 2.45) is 5.73 Å². The normalized spacial score (nSPS) is 14.0. The van der Waals surface area contributed by atoms with Gasteiger partial charge < -0.3 is 5.73 Å². The lowest BCUT2D eigenvalue weighted by molar-refractivity contribution is -0.147. The molecule has 0 heterocycles. The molecule has 0 saturated heterocycles. The van der Waals surface area contributed by atoms with Gasteiger partial charge in [-0.25, -0.2) is 0 Å². The summed E-state index contributed by atoms with van der Waals surface area (Å²) in [5.41, 5.74) is 6.60. The number of benzene rings is 1. The van der Waals surface area contributed by atoms with Gasteiger partial charge in [0.15, 0.2) is 0 Å². The molecular weight excluding hydrogens is 271 g/mol. The van der Waals surface area contributed by atoms with Gasteiger partial charge in [0.2, 0.25) is 0 Å². The van der Waals surface area contributed by atoms with Crippen LogP contribution in [0.25, 0.3) is 0 Å². The smallest absolute Gasteiger partial charge is 0.320 e. The minimum Gasteiger partial charge on any atom is -0.320 e. The first-order chi connectivity index (χ1) is 6.80. The first kappa shape index (κ1) is 12.5. The van der Waals surface area contributed by atoms with Crippen LogP contribution in [0.5, 0.6) is 0 Å². The Balaban J connectivity index is 2.78. The fraction of sp³-hybridized carbons (Fsp3) is 0.400. The molecule has 0 amide bonds. The molecule has 15 heavy (non-hydrogen) atoms. The van der Waals surface area contributed by atoms with Crippen molar-refractivity contribution in [3.8, 4) is 0 Å². The Labute approximate surface area is 94.6 Å². The van der Waals surface area contributed by atoms with E-state index in [-0.39, 0.29) is 6.42 Å². The molecule has 1 atom stereocenters. The van der Waals surface area contributed by atoms with Gasteiger partial charge in [0, 0.05) is 4.47 Å². The van der Waals surface area contributed by atoms with E-state index in [1.807, 2.05) is 6.92 Å². The predicted molar refractivity (Wildman–Crippen MR) is 56.6 cm³/mol. The van der Waals surface area contributed by atoms with E-state index in [9.17, 15) is 13.2 Å². The summed E-state index contributed by atoms with van der Waals surface area (Å²) in [4.78, 5) is 0. The molecule has 1 unspecified atom stereocenters. The summed E-state index contributed by atoms with van der Waals surface area (Å²) in [6, 6.07) is 3.29. The summed E-state index contributed by atoms with van der Waals surface area (Å²) < 4.78 is 37.3. The van der Waals surface area contributed by atoms with Crippen molar-refractivity contribution in [1.29, 1.82) is 0 Å². The molecule has 0 aliphatic carbocycles. The van der Waals surface area contributed by atoms with Crippen LogP contribution in [0, 0.1) is 6.92 Å². The van der Waals surface area contributed by atoms with E-state index in [0.717, 1.165) is 10.0 Å². The molecule has 1 aromatic carbocycles. The molecule has 0 saturated carbocycles. The van der Waals surface area contributed by atoms with Gasteiger partial charge in [-0.05, 0) is 30.5 Å². The van der Waals surface area contributed by atoms with E-state index in [0.29, 0.717) is 5.56 Å². The molecule has 1 rings (SSSR count). The molecule has 2 N–H and O–H groups in total. The molecule has 0 aliphatic rings. The minimum absolute atomic E-state index is 0.192. The number of rotatable bonds is 2. The van der Waals surface area contributed by atoms with Gasteiger partial charge in [-0.2, -0.15) is 13.2 Å². The lowest BCUT2D eigenvalue weighted by Crippen LogP contribution is -2.39. The minimum atomic E-state index is -4.34. The number of halogens is 4. The van der Waals surface area contributed by atoms with E-state index in [4.69, 9.17) is 5.73 Å². The quantitative estimate of drug-likeness (QED) is 0.885. The highest BCUT2D eigenvalue weighted by atomic mass is 79.9. The Kier molecular flexibility index (Phi) is 3.78. The third-order valence-corrected chi connectivity index (χ3v) is 2.97. The molecule has 0 bridgehead atoms. The fourth-order valence-electron chi connectivity index (χ4n) is 1.13. The van der Waals surface area contributed by atoms with E-state index >= 15 is 0 Å². The van der Waals surface area contributed by atoms with Crippen molar-refractivity contribution in [3.63, 3.8) is 0 Å². The third kappa shape index (κ3) is 3.50. The van der Waals surface area contributed by atoms with Gasteiger partial charge in [-0.15, -0.1) is 0 Å². The average molecular weight is 282 g/mol. The first-order valence-corrected chi connectivity index (χ1v) is 5.17. The Morgan fingerprint density at radius 3 is 2.47 bits per heavy atom. The van der Waals surface area contributed by atoms with Crippen molar-refractivity contribution >= 4 is 15.9 Å². The van der Waals surface area contributed by atoms with Crippen LogP contribution in [0.3, 0.4) is 0 Å². The van der Waals surface area contributed by atoms with Crippen LogP contribution in [0.4, 0.5) is 13.2 Å². The topological polar surface area (TPSA) is 26.0 Å². The van der Waals surface area contributed by atoms with Crippen molar-refractivity contribution in [2.45, 2.75) is 25.6 Å². The lowest BCUT2D eigenvalue weighted by atomic mass is 10.0. The molecule has 5 heteroatoms. The summed E-state index contributed by atoms with van der Waals surface area (Å²) >= 11 is 3.26.